The van der Waals surface area contributed by atoms with Gasteiger partial charge in [-0.1, -0.05) is 41.9 Å². The molecule has 0 aliphatic carbocycles. The Morgan fingerprint density at radius 2 is 1.79 bits per heavy atom. The minimum absolute atomic E-state index is 0.0277. The van der Waals surface area contributed by atoms with E-state index in [9.17, 15) is 19.1 Å². The Morgan fingerprint density at radius 1 is 1.00 bits per heavy atom. The standard InChI is InChI=1S/C21H14ClFN2O3/c22-14-5-3-4-13(10-14)11-25-9-8-24-12-16(15-6-1-2-7-17(15)23)19(26)20(27)18(24)21(25)28/h1-10,12,27H,11H2. The zero-order valence-corrected chi connectivity index (χ0v) is 15.2. The maximum absolute atomic E-state index is 14.1. The summed E-state index contributed by atoms with van der Waals surface area (Å²) >= 11 is 5.98. The summed E-state index contributed by atoms with van der Waals surface area (Å²) in [4.78, 5) is 25.4. The molecule has 0 bridgehead atoms. The van der Waals surface area contributed by atoms with Crippen molar-refractivity contribution in [2.75, 3.05) is 0 Å². The maximum atomic E-state index is 14.1. The fourth-order valence-electron chi connectivity index (χ4n) is 3.13. The van der Waals surface area contributed by atoms with Crippen molar-refractivity contribution in [1.29, 1.82) is 0 Å². The molecule has 2 aromatic carbocycles. The highest BCUT2D eigenvalue weighted by Gasteiger charge is 2.17. The minimum Gasteiger partial charge on any atom is -0.503 e. The number of aromatic nitrogens is 2. The smallest absolute Gasteiger partial charge is 0.279 e. The highest BCUT2D eigenvalue weighted by molar-refractivity contribution is 6.30. The Kier molecular flexibility index (Phi) is 4.49. The molecule has 0 aliphatic heterocycles. The monoisotopic (exact) mass is 396 g/mol. The summed E-state index contributed by atoms with van der Waals surface area (Å²) < 4.78 is 16.8. The van der Waals surface area contributed by atoms with Gasteiger partial charge in [-0.15, -0.1) is 0 Å². The van der Waals surface area contributed by atoms with Crippen LogP contribution < -0.4 is 11.0 Å². The highest BCUT2D eigenvalue weighted by atomic mass is 35.5. The van der Waals surface area contributed by atoms with E-state index in [1.807, 2.05) is 6.07 Å². The quantitative estimate of drug-likeness (QED) is 0.574. The number of hydrogen-bond acceptors (Lipinski definition) is 3. The van der Waals surface area contributed by atoms with Crippen molar-refractivity contribution in [3.8, 4) is 16.9 Å². The molecular weight excluding hydrogens is 383 g/mol. The van der Waals surface area contributed by atoms with Gasteiger partial charge in [0.25, 0.3) is 5.56 Å². The summed E-state index contributed by atoms with van der Waals surface area (Å²) in [5, 5.41) is 11.0. The van der Waals surface area contributed by atoms with Crippen molar-refractivity contribution in [2.24, 2.45) is 0 Å². The number of nitrogens with zero attached hydrogens (tertiary/aromatic N) is 2. The van der Waals surface area contributed by atoms with Gasteiger partial charge in [-0.05, 0) is 23.8 Å². The number of rotatable bonds is 3. The Balaban J connectivity index is 1.89. The molecule has 5 nitrogen and oxygen atoms in total. The summed E-state index contributed by atoms with van der Waals surface area (Å²) in [5.41, 5.74) is -0.696. The summed E-state index contributed by atoms with van der Waals surface area (Å²) in [6.07, 6.45) is 4.41. The van der Waals surface area contributed by atoms with Crippen molar-refractivity contribution in [1.82, 2.24) is 8.97 Å². The van der Waals surface area contributed by atoms with E-state index >= 15 is 0 Å². The predicted octanol–water partition coefficient (Wildman–Crippen LogP) is 3.67. The Morgan fingerprint density at radius 3 is 2.54 bits per heavy atom. The van der Waals surface area contributed by atoms with Gasteiger partial charge >= 0.3 is 0 Å². The summed E-state index contributed by atoms with van der Waals surface area (Å²) in [5.74, 6) is -1.31. The van der Waals surface area contributed by atoms with E-state index in [-0.39, 0.29) is 23.2 Å². The van der Waals surface area contributed by atoms with E-state index in [0.29, 0.717) is 5.02 Å². The van der Waals surface area contributed by atoms with Crippen LogP contribution in [-0.2, 0) is 6.54 Å². The molecule has 0 amide bonds. The molecule has 0 atom stereocenters. The van der Waals surface area contributed by atoms with Gasteiger partial charge in [0.2, 0.25) is 5.43 Å². The van der Waals surface area contributed by atoms with E-state index < -0.39 is 22.6 Å². The number of halogens is 2. The lowest BCUT2D eigenvalue weighted by atomic mass is 10.1. The van der Waals surface area contributed by atoms with Gasteiger partial charge in [0, 0.05) is 29.2 Å². The average molecular weight is 397 g/mol. The Bertz CT molecular complexity index is 1330. The second kappa shape index (κ2) is 6.98. The molecule has 140 valence electrons. The molecule has 28 heavy (non-hydrogen) atoms. The molecule has 2 aromatic heterocycles. The third-order valence-electron chi connectivity index (χ3n) is 4.49. The normalized spacial score (nSPS) is 11.1. The second-order valence-corrected chi connectivity index (χ2v) is 6.75. The Hall–Kier alpha value is -3.38. The summed E-state index contributed by atoms with van der Waals surface area (Å²) in [6.45, 7) is 0.221. The predicted molar refractivity (Wildman–Crippen MR) is 106 cm³/mol. The molecule has 0 spiro atoms. The molecule has 7 heteroatoms. The van der Waals surface area contributed by atoms with Gasteiger partial charge in [0.05, 0.1) is 12.1 Å². The fourth-order valence-corrected chi connectivity index (χ4v) is 3.35. The SMILES string of the molecule is O=c1c(-c2ccccc2F)cn2ccn(Cc3cccc(Cl)c3)c(=O)c2c1O. The minimum atomic E-state index is -0.803. The van der Waals surface area contributed by atoms with E-state index in [0.717, 1.165) is 5.56 Å². The van der Waals surface area contributed by atoms with Gasteiger partial charge in [-0.25, -0.2) is 4.39 Å². The molecule has 0 saturated heterocycles. The van der Waals surface area contributed by atoms with Crippen LogP contribution in [-0.4, -0.2) is 14.1 Å². The zero-order valence-electron chi connectivity index (χ0n) is 14.5. The molecule has 0 saturated carbocycles. The first-order valence-electron chi connectivity index (χ1n) is 8.42. The van der Waals surface area contributed by atoms with E-state index in [2.05, 4.69) is 0 Å². The van der Waals surface area contributed by atoms with Gasteiger partial charge in [-0.2, -0.15) is 0 Å². The average Bonchev–Trinajstić information content (AvgIpc) is 2.67. The largest absolute Gasteiger partial charge is 0.503 e. The highest BCUT2D eigenvalue weighted by Crippen LogP contribution is 2.22. The first kappa shape index (κ1) is 18.0. The summed E-state index contributed by atoms with van der Waals surface area (Å²) in [6, 6.07) is 12.8. The Labute approximate surface area is 163 Å². The number of aromatic hydroxyl groups is 1. The van der Waals surface area contributed by atoms with Crippen molar-refractivity contribution in [3.63, 3.8) is 0 Å². The van der Waals surface area contributed by atoms with Crippen molar-refractivity contribution < 1.29 is 9.50 Å². The topological polar surface area (TPSA) is 63.7 Å². The van der Waals surface area contributed by atoms with Crippen molar-refractivity contribution in [2.45, 2.75) is 6.54 Å². The summed E-state index contributed by atoms with van der Waals surface area (Å²) in [7, 11) is 0. The molecule has 0 unspecified atom stereocenters. The van der Waals surface area contributed by atoms with Gasteiger partial charge in [0.15, 0.2) is 11.3 Å². The van der Waals surface area contributed by atoms with Crippen LogP contribution in [0, 0.1) is 5.82 Å². The van der Waals surface area contributed by atoms with E-state index in [1.54, 1.807) is 24.3 Å². The molecule has 4 rings (SSSR count). The third-order valence-corrected chi connectivity index (χ3v) is 4.72. The van der Waals surface area contributed by atoms with Gasteiger partial charge in [-0.3, -0.25) is 9.59 Å². The fraction of sp³-hybridized carbons (Fsp3) is 0.0476. The first-order chi connectivity index (χ1) is 13.5. The van der Waals surface area contributed by atoms with Gasteiger partial charge in [0.1, 0.15) is 5.82 Å². The van der Waals surface area contributed by atoms with E-state index in [4.69, 9.17) is 11.6 Å². The van der Waals surface area contributed by atoms with Gasteiger partial charge < -0.3 is 14.1 Å². The van der Waals surface area contributed by atoms with Crippen LogP contribution in [0.15, 0.2) is 76.7 Å². The van der Waals surface area contributed by atoms with Crippen molar-refractivity contribution in [3.05, 3.63) is 104 Å². The third kappa shape index (κ3) is 3.08. The van der Waals surface area contributed by atoms with Crippen LogP contribution in [0.25, 0.3) is 16.6 Å². The lowest BCUT2D eigenvalue weighted by Crippen LogP contribution is -2.24. The molecule has 0 fully saturated rings. The van der Waals surface area contributed by atoms with Crippen molar-refractivity contribution >= 4 is 17.1 Å². The van der Waals surface area contributed by atoms with Crippen LogP contribution in [0.5, 0.6) is 5.75 Å². The molecular formula is C21H14ClFN2O3. The lowest BCUT2D eigenvalue weighted by molar-refractivity contribution is 0.472. The first-order valence-corrected chi connectivity index (χ1v) is 8.80. The molecule has 2 heterocycles. The zero-order chi connectivity index (χ0) is 19.8. The van der Waals surface area contributed by atoms with Crippen LogP contribution in [0.3, 0.4) is 0 Å². The molecule has 0 radical (unpaired) electrons. The second-order valence-electron chi connectivity index (χ2n) is 6.32. The number of benzene rings is 2. The number of fused-ring (bicyclic) bond motifs is 1. The molecule has 1 N–H and O–H groups in total. The van der Waals surface area contributed by atoms with Crippen LogP contribution >= 0.6 is 11.6 Å². The molecule has 4 aromatic rings. The van der Waals surface area contributed by atoms with Crippen LogP contribution in [0.4, 0.5) is 4.39 Å². The van der Waals surface area contributed by atoms with Crippen LogP contribution in [0.2, 0.25) is 5.02 Å². The number of hydrogen-bond donors (Lipinski definition) is 1. The van der Waals surface area contributed by atoms with E-state index in [1.165, 1.54) is 45.8 Å². The van der Waals surface area contributed by atoms with Crippen LogP contribution in [0.1, 0.15) is 5.56 Å². The maximum Gasteiger partial charge on any atom is 0.279 e. The lowest BCUT2D eigenvalue weighted by Gasteiger charge is -2.11. The number of pyridine rings is 1. The molecule has 0 aliphatic rings.